The van der Waals surface area contributed by atoms with Crippen molar-refractivity contribution in [1.82, 2.24) is 0 Å². The first-order valence-electron chi connectivity index (χ1n) is 10.3. The van der Waals surface area contributed by atoms with E-state index in [4.69, 9.17) is 21.1 Å². The Labute approximate surface area is 206 Å². The van der Waals surface area contributed by atoms with Gasteiger partial charge in [-0.3, -0.25) is 4.79 Å². The average molecular weight is 555 g/mol. The van der Waals surface area contributed by atoms with Crippen LogP contribution in [0.2, 0.25) is 5.02 Å². The summed E-state index contributed by atoms with van der Waals surface area (Å²) in [7, 11) is 4.47. The highest BCUT2D eigenvalue weighted by atomic mass is 127. The summed E-state index contributed by atoms with van der Waals surface area (Å²) in [5.74, 6) is 0.576. The zero-order valence-electron chi connectivity index (χ0n) is 17.9. The minimum Gasteiger partial charge on any atom is -1.00 e. The Morgan fingerprint density at radius 1 is 1.19 bits per heavy atom. The molecule has 166 valence electrons. The first kappa shape index (κ1) is 24.0. The lowest BCUT2D eigenvalue weighted by molar-refractivity contribution is -0.906. The molecule has 2 aromatic carbocycles. The highest BCUT2D eigenvalue weighted by Crippen LogP contribution is 2.29. The van der Waals surface area contributed by atoms with Crippen LogP contribution >= 0.6 is 11.6 Å². The quantitative estimate of drug-likeness (QED) is 0.435. The molecule has 2 aliphatic heterocycles. The van der Waals surface area contributed by atoms with E-state index in [0.29, 0.717) is 16.7 Å². The average Bonchev–Trinajstić information content (AvgIpc) is 3.20. The van der Waals surface area contributed by atoms with Gasteiger partial charge in [0.2, 0.25) is 0 Å². The number of likely N-dealkylation sites (N-methyl/N-ethyl adjacent to an activating group) is 1. The van der Waals surface area contributed by atoms with Gasteiger partial charge in [0, 0.05) is 28.4 Å². The fourth-order valence-corrected chi connectivity index (χ4v) is 4.26. The number of nitrogens with zero attached hydrogens (tertiary/aromatic N) is 1. The van der Waals surface area contributed by atoms with Crippen molar-refractivity contribution in [3.63, 3.8) is 0 Å². The SMILES string of the molecule is C[N+](C)(Cc1ccc(NC(=O)C2=Cc3cc(Cl)ccc3OC2)cc1)C[C@@H]1CCCO1.[I-]. The summed E-state index contributed by atoms with van der Waals surface area (Å²) < 4.78 is 12.3. The van der Waals surface area contributed by atoms with E-state index >= 15 is 0 Å². The molecule has 5 nitrogen and oxygen atoms in total. The summed E-state index contributed by atoms with van der Waals surface area (Å²) in [5, 5.41) is 3.58. The summed E-state index contributed by atoms with van der Waals surface area (Å²) in [4.78, 5) is 12.7. The monoisotopic (exact) mass is 554 g/mol. The van der Waals surface area contributed by atoms with E-state index in [9.17, 15) is 4.79 Å². The zero-order valence-corrected chi connectivity index (χ0v) is 20.8. The van der Waals surface area contributed by atoms with Crippen LogP contribution in [0.1, 0.15) is 24.0 Å². The number of benzene rings is 2. The topological polar surface area (TPSA) is 47.6 Å². The molecule has 1 saturated heterocycles. The van der Waals surface area contributed by atoms with Crippen LogP contribution in [0.4, 0.5) is 5.69 Å². The van der Waals surface area contributed by atoms with Crippen LogP contribution in [0.15, 0.2) is 48.0 Å². The molecule has 0 radical (unpaired) electrons. The van der Waals surface area contributed by atoms with Crippen LogP contribution < -0.4 is 34.0 Å². The number of hydrogen-bond donors (Lipinski definition) is 1. The predicted octanol–water partition coefficient (Wildman–Crippen LogP) is 1.51. The molecule has 0 aromatic heterocycles. The van der Waals surface area contributed by atoms with Gasteiger partial charge in [-0.05, 0) is 49.2 Å². The third-order valence-electron chi connectivity index (χ3n) is 5.52. The van der Waals surface area contributed by atoms with Crippen molar-refractivity contribution in [3.8, 4) is 5.75 Å². The molecular formula is C24H28ClIN2O3. The van der Waals surface area contributed by atoms with Crippen molar-refractivity contribution in [2.75, 3.05) is 39.2 Å². The first-order valence-corrected chi connectivity index (χ1v) is 10.7. The summed E-state index contributed by atoms with van der Waals surface area (Å²) in [5.41, 5.74) is 3.40. The van der Waals surface area contributed by atoms with Crippen molar-refractivity contribution >= 4 is 29.3 Å². The molecule has 2 aromatic rings. The molecule has 1 amide bonds. The van der Waals surface area contributed by atoms with Crippen LogP contribution in [0.25, 0.3) is 6.08 Å². The molecule has 0 aliphatic carbocycles. The molecule has 7 heteroatoms. The third-order valence-corrected chi connectivity index (χ3v) is 5.76. The maximum Gasteiger partial charge on any atom is 0.255 e. The van der Waals surface area contributed by atoms with Gasteiger partial charge >= 0.3 is 0 Å². The normalized spacial score (nSPS) is 17.8. The second-order valence-corrected chi connectivity index (χ2v) is 9.14. The summed E-state index contributed by atoms with van der Waals surface area (Å²) in [6, 6.07) is 13.5. The van der Waals surface area contributed by atoms with Crippen LogP contribution in [-0.2, 0) is 16.1 Å². The smallest absolute Gasteiger partial charge is 0.255 e. The fourth-order valence-electron chi connectivity index (χ4n) is 4.08. The number of quaternary nitrogens is 1. The lowest BCUT2D eigenvalue weighted by Crippen LogP contribution is -3.00. The number of nitrogens with one attached hydrogen (secondary N) is 1. The second kappa shape index (κ2) is 10.3. The predicted molar refractivity (Wildman–Crippen MR) is 120 cm³/mol. The summed E-state index contributed by atoms with van der Waals surface area (Å²) in [6.45, 7) is 3.06. The van der Waals surface area contributed by atoms with E-state index in [1.54, 1.807) is 12.1 Å². The van der Waals surface area contributed by atoms with E-state index in [1.807, 2.05) is 24.3 Å². The lowest BCUT2D eigenvalue weighted by atomic mass is 10.1. The van der Waals surface area contributed by atoms with E-state index < -0.39 is 0 Å². The fraction of sp³-hybridized carbons (Fsp3) is 0.375. The molecule has 0 spiro atoms. The molecule has 0 unspecified atom stereocenters. The largest absolute Gasteiger partial charge is 1.00 e. The Morgan fingerprint density at radius 2 is 1.97 bits per heavy atom. The number of rotatable bonds is 6. The van der Waals surface area contributed by atoms with Gasteiger partial charge in [0.15, 0.2) is 0 Å². The zero-order chi connectivity index (χ0) is 21.1. The number of hydrogen-bond acceptors (Lipinski definition) is 3. The molecule has 31 heavy (non-hydrogen) atoms. The van der Waals surface area contributed by atoms with Gasteiger partial charge in [-0.1, -0.05) is 23.7 Å². The van der Waals surface area contributed by atoms with Crippen molar-refractivity contribution in [2.45, 2.75) is 25.5 Å². The number of anilines is 1. The Balaban J connectivity index is 0.00000272. The maximum atomic E-state index is 12.7. The Hall–Kier alpha value is -1.61. The van der Waals surface area contributed by atoms with Crippen molar-refractivity contribution < 1.29 is 42.7 Å². The Morgan fingerprint density at radius 3 is 2.68 bits per heavy atom. The molecule has 1 N–H and O–H groups in total. The first-order chi connectivity index (χ1) is 14.4. The number of halogens is 2. The van der Waals surface area contributed by atoms with Gasteiger partial charge < -0.3 is 43.3 Å². The molecular weight excluding hydrogens is 527 g/mol. The molecule has 4 rings (SSSR count). The van der Waals surface area contributed by atoms with Gasteiger partial charge in [0.25, 0.3) is 5.91 Å². The van der Waals surface area contributed by atoms with Crippen LogP contribution in [0.5, 0.6) is 5.75 Å². The number of amides is 1. The molecule has 0 bridgehead atoms. The third kappa shape index (κ3) is 6.44. The standard InChI is InChI=1S/C24H27ClN2O3.HI/c1-27(2,15-22-4-3-11-29-22)14-17-5-8-21(9-6-17)26-24(28)19-12-18-13-20(25)7-10-23(18)30-16-19;/h5-10,12-13,22H,3-4,11,14-16H2,1-2H3;1H/t22-;/m0./s1. The molecule has 1 fully saturated rings. The lowest BCUT2D eigenvalue weighted by Gasteiger charge is -2.32. The number of carbonyl (C=O) groups excluding carboxylic acids is 1. The highest BCUT2D eigenvalue weighted by molar-refractivity contribution is 6.30. The van der Waals surface area contributed by atoms with Crippen LogP contribution in [0.3, 0.4) is 0 Å². The van der Waals surface area contributed by atoms with Crippen molar-refractivity contribution in [2.24, 2.45) is 0 Å². The van der Waals surface area contributed by atoms with Crippen LogP contribution in [-0.4, -0.2) is 50.3 Å². The Kier molecular flexibility index (Phi) is 8.02. The molecule has 1 atom stereocenters. The second-order valence-electron chi connectivity index (χ2n) is 8.70. The van der Waals surface area contributed by atoms with Crippen molar-refractivity contribution in [1.29, 1.82) is 0 Å². The number of fused-ring (bicyclic) bond motifs is 1. The minimum atomic E-state index is -0.164. The molecule has 0 saturated carbocycles. The summed E-state index contributed by atoms with van der Waals surface area (Å²) in [6.07, 6.45) is 4.52. The van der Waals surface area contributed by atoms with Gasteiger partial charge in [0.05, 0.1) is 19.7 Å². The van der Waals surface area contributed by atoms with E-state index in [-0.39, 0.29) is 36.5 Å². The van der Waals surface area contributed by atoms with E-state index in [2.05, 4.69) is 31.5 Å². The number of carbonyl (C=O) groups is 1. The van der Waals surface area contributed by atoms with Gasteiger partial charge in [0.1, 0.15) is 31.5 Å². The molecule has 2 heterocycles. The molecule has 2 aliphatic rings. The Bertz CT molecular complexity index is 954. The van der Waals surface area contributed by atoms with Crippen molar-refractivity contribution in [3.05, 3.63) is 64.2 Å². The van der Waals surface area contributed by atoms with Gasteiger partial charge in [-0.2, -0.15) is 0 Å². The summed E-state index contributed by atoms with van der Waals surface area (Å²) >= 11 is 6.05. The van der Waals surface area contributed by atoms with E-state index in [1.165, 1.54) is 12.0 Å². The number of ether oxygens (including phenoxy) is 2. The maximum absolute atomic E-state index is 12.7. The van der Waals surface area contributed by atoms with Gasteiger partial charge in [-0.25, -0.2) is 0 Å². The minimum absolute atomic E-state index is 0. The van der Waals surface area contributed by atoms with E-state index in [0.717, 1.165) is 47.6 Å². The van der Waals surface area contributed by atoms with Crippen LogP contribution in [0, 0.1) is 0 Å². The highest BCUT2D eigenvalue weighted by Gasteiger charge is 2.26. The van der Waals surface area contributed by atoms with Gasteiger partial charge in [-0.15, -0.1) is 0 Å².